The third-order valence-electron chi connectivity index (χ3n) is 5.66. The number of hydrogen-bond donors (Lipinski definition) is 3. The molecular formula is C22H32N4O7. The monoisotopic (exact) mass is 464 g/mol. The van der Waals surface area contributed by atoms with Crippen molar-refractivity contribution in [1.82, 2.24) is 10.6 Å². The number of piperidine rings is 1. The van der Waals surface area contributed by atoms with Gasteiger partial charge >= 0.3 is 5.91 Å². The van der Waals surface area contributed by atoms with Gasteiger partial charge in [0.1, 0.15) is 6.54 Å². The molecule has 182 valence electrons. The van der Waals surface area contributed by atoms with E-state index in [0.29, 0.717) is 63.0 Å². The molecule has 1 aromatic carbocycles. The fourth-order valence-electron chi connectivity index (χ4n) is 3.94. The van der Waals surface area contributed by atoms with E-state index in [9.17, 15) is 19.6 Å². The standard InChI is InChI=1S/C22H32N4O7/c1-23-7-9-31-11-13-33-14-12-32-10-8-24-18-4-2-3-16-17(18)15-26(30,22(16)29)19-5-6-20(27)25-21(19)28/h2-4,19,23-24H,5-15H2,1H3,(H,25,27,28). The van der Waals surface area contributed by atoms with E-state index in [1.54, 1.807) is 18.2 Å². The normalized spacial score (nSPS) is 22.4. The van der Waals surface area contributed by atoms with Gasteiger partial charge < -0.3 is 30.1 Å². The van der Waals surface area contributed by atoms with Gasteiger partial charge in [0.2, 0.25) is 5.91 Å². The molecule has 2 atom stereocenters. The molecule has 2 heterocycles. The molecule has 2 aliphatic heterocycles. The number of nitrogens with one attached hydrogen (secondary N) is 3. The highest BCUT2D eigenvalue weighted by Crippen LogP contribution is 2.37. The van der Waals surface area contributed by atoms with Crippen molar-refractivity contribution >= 4 is 23.4 Å². The Kier molecular flexibility index (Phi) is 9.30. The van der Waals surface area contributed by atoms with Crippen molar-refractivity contribution in [1.29, 1.82) is 0 Å². The molecule has 11 heteroatoms. The van der Waals surface area contributed by atoms with E-state index >= 15 is 0 Å². The Hall–Kier alpha value is -2.41. The second kappa shape index (κ2) is 12.2. The van der Waals surface area contributed by atoms with Crippen LogP contribution in [0.2, 0.25) is 0 Å². The molecule has 0 bridgehead atoms. The van der Waals surface area contributed by atoms with E-state index in [4.69, 9.17) is 14.2 Å². The molecule has 0 radical (unpaired) electrons. The minimum atomic E-state index is -1.29. The summed E-state index contributed by atoms with van der Waals surface area (Å²) in [7, 11) is 1.87. The molecule has 0 aromatic heterocycles. The first-order valence-electron chi connectivity index (χ1n) is 11.2. The number of hydroxylamine groups is 3. The largest absolute Gasteiger partial charge is 0.624 e. The maximum absolute atomic E-state index is 13.4. The first-order chi connectivity index (χ1) is 16.0. The number of amides is 3. The van der Waals surface area contributed by atoms with E-state index < -0.39 is 28.4 Å². The summed E-state index contributed by atoms with van der Waals surface area (Å²) >= 11 is 0. The average Bonchev–Trinajstić information content (AvgIpc) is 3.06. The molecule has 1 aromatic rings. The molecule has 0 aliphatic carbocycles. The molecule has 3 N–H and O–H groups in total. The third kappa shape index (κ3) is 6.34. The van der Waals surface area contributed by atoms with Crippen LogP contribution in [0.25, 0.3) is 0 Å². The minimum Gasteiger partial charge on any atom is -0.624 e. The lowest BCUT2D eigenvalue weighted by Gasteiger charge is -2.42. The van der Waals surface area contributed by atoms with Gasteiger partial charge in [-0.05, 0) is 19.2 Å². The molecule has 1 fully saturated rings. The van der Waals surface area contributed by atoms with Crippen LogP contribution < -0.4 is 16.0 Å². The summed E-state index contributed by atoms with van der Waals surface area (Å²) < 4.78 is 15.0. The van der Waals surface area contributed by atoms with Crippen LogP contribution in [0.1, 0.15) is 28.8 Å². The topological polar surface area (TPSA) is 138 Å². The molecule has 33 heavy (non-hydrogen) atoms. The number of anilines is 1. The quantitative estimate of drug-likeness (QED) is 0.152. The fourth-order valence-corrected chi connectivity index (χ4v) is 3.94. The zero-order valence-corrected chi connectivity index (χ0v) is 18.9. The number of carbonyl (C=O) groups excluding carboxylic acids is 3. The van der Waals surface area contributed by atoms with Gasteiger partial charge in [-0.25, -0.2) is 4.79 Å². The predicted octanol–water partition coefficient (Wildman–Crippen LogP) is 0.141. The minimum absolute atomic E-state index is 0.0534. The maximum atomic E-state index is 13.4. The second-order valence-electron chi connectivity index (χ2n) is 7.92. The second-order valence-corrected chi connectivity index (χ2v) is 7.92. The number of quaternary nitrogens is 1. The summed E-state index contributed by atoms with van der Waals surface area (Å²) in [5, 5.41) is 21.8. The molecule has 1 saturated heterocycles. The number of carbonyl (C=O) groups is 3. The fraction of sp³-hybridized carbons (Fsp3) is 0.591. The number of likely N-dealkylation sites (N-methyl/N-ethyl adjacent to an activating group) is 1. The highest BCUT2D eigenvalue weighted by Gasteiger charge is 2.50. The van der Waals surface area contributed by atoms with Gasteiger partial charge in [-0.15, -0.1) is 0 Å². The van der Waals surface area contributed by atoms with Crippen LogP contribution >= 0.6 is 0 Å². The molecule has 3 amide bonds. The third-order valence-corrected chi connectivity index (χ3v) is 5.66. The SMILES string of the molecule is CNCCOCCOCCOCCNc1cccc2c1C[N+]([O-])(C1CCC(=O)NC1=O)C2=O. The molecule has 2 aliphatic rings. The van der Waals surface area contributed by atoms with E-state index in [0.717, 1.165) is 6.54 Å². The molecule has 11 nitrogen and oxygen atoms in total. The summed E-state index contributed by atoms with van der Waals surface area (Å²) in [6, 6.07) is 3.98. The summed E-state index contributed by atoms with van der Waals surface area (Å²) in [5.74, 6) is -1.75. The number of fused-ring (bicyclic) bond motifs is 1. The van der Waals surface area contributed by atoms with E-state index in [-0.39, 0.29) is 19.4 Å². The lowest BCUT2D eigenvalue weighted by atomic mass is 10.0. The van der Waals surface area contributed by atoms with Crippen molar-refractivity contribution < 1.29 is 33.2 Å². The van der Waals surface area contributed by atoms with Crippen LogP contribution in [0.5, 0.6) is 0 Å². The Bertz CT molecular complexity index is 850. The van der Waals surface area contributed by atoms with Crippen LogP contribution in [0.4, 0.5) is 5.69 Å². The zero-order valence-electron chi connectivity index (χ0n) is 18.9. The summed E-state index contributed by atoms with van der Waals surface area (Å²) in [5.41, 5.74) is 1.57. The Morgan fingerprint density at radius 3 is 2.36 bits per heavy atom. The number of imide groups is 1. The molecular weight excluding hydrogens is 432 g/mol. The van der Waals surface area contributed by atoms with E-state index in [1.165, 1.54) is 0 Å². The van der Waals surface area contributed by atoms with Crippen molar-refractivity contribution in [2.75, 3.05) is 65.1 Å². The van der Waals surface area contributed by atoms with Crippen molar-refractivity contribution in [3.8, 4) is 0 Å². The zero-order chi connectivity index (χ0) is 23.7. The first kappa shape index (κ1) is 25.2. The van der Waals surface area contributed by atoms with Crippen molar-refractivity contribution in [2.45, 2.75) is 25.4 Å². The smallest absolute Gasteiger partial charge is 0.347 e. The van der Waals surface area contributed by atoms with Gasteiger partial charge in [-0.2, -0.15) is 0 Å². The number of rotatable bonds is 14. The molecule has 0 spiro atoms. The summed E-state index contributed by atoms with van der Waals surface area (Å²) in [6.07, 6.45) is 0.117. The lowest BCUT2D eigenvalue weighted by Crippen LogP contribution is -2.60. The number of ether oxygens (including phenoxy) is 3. The van der Waals surface area contributed by atoms with Crippen LogP contribution in [-0.4, -0.2) is 88.2 Å². The van der Waals surface area contributed by atoms with Crippen molar-refractivity contribution in [3.63, 3.8) is 0 Å². The highest BCUT2D eigenvalue weighted by molar-refractivity contribution is 6.02. The Morgan fingerprint density at radius 2 is 1.70 bits per heavy atom. The van der Waals surface area contributed by atoms with Gasteiger partial charge in [0.25, 0.3) is 5.91 Å². The predicted molar refractivity (Wildman–Crippen MR) is 119 cm³/mol. The molecule has 3 rings (SSSR count). The maximum Gasteiger partial charge on any atom is 0.347 e. The van der Waals surface area contributed by atoms with Crippen LogP contribution in [0, 0.1) is 5.21 Å². The number of benzene rings is 1. The van der Waals surface area contributed by atoms with Gasteiger partial charge in [-0.3, -0.25) is 19.6 Å². The van der Waals surface area contributed by atoms with Gasteiger partial charge in [0.15, 0.2) is 6.04 Å². The summed E-state index contributed by atoms with van der Waals surface area (Å²) in [6.45, 7) is 4.18. The Morgan fingerprint density at radius 1 is 1.03 bits per heavy atom. The van der Waals surface area contributed by atoms with Gasteiger partial charge in [0.05, 0.1) is 45.2 Å². The first-order valence-corrected chi connectivity index (χ1v) is 11.2. The lowest BCUT2D eigenvalue weighted by molar-refractivity contribution is -0.825. The van der Waals surface area contributed by atoms with Crippen molar-refractivity contribution in [3.05, 3.63) is 34.5 Å². The number of hydrogen-bond acceptors (Lipinski definition) is 9. The van der Waals surface area contributed by atoms with E-state index in [1.807, 2.05) is 7.05 Å². The van der Waals surface area contributed by atoms with Crippen LogP contribution in [0.3, 0.4) is 0 Å². The van der Waals surface area contributed by atoms with Crippen LogP contribution in [0.15, 0.2) is 18.2 Å². The Labute approximate surface area is 192 Å². The van der Waals surface area contributed by atoms with E-state index in [2.05, 4.69) is 16.0 Å². The molecule has 0 saturated carbocycles. The van der Waals surface area contributed by atoms with Crippen LogP contribution in [-0.2, 0) is 30.3 Å². The Balaban J connectivity index is 1.42. The van der Waals surface area contributed by atoms with Crippen molar-refractivity contribution in [2.24, 2.45) is 0 Å². The summed E-state index contributed by atoms with van der Waals surface area (Å²) in [4.78, 5) is 36.5. The average molecular weight is 465 g/mol. The molecule has 2 unspecified atom stereocenters. The van der Waals surface area contributed by atoms with Gasteiger partial charge in [-0.1, -0.05) is 6.07 Å². The number of nitrogens with zero attached hydrogens (tertiary/aromatic N) is 1. The highest BCUT2D eigenvalue weighted by atomic mass is 16.6. The van der Waals surface area contributed by atoms with Gasteiger partial charge in [0, 0.05) is 37.2 Å².